The second-order valence-electron chi connectivity index (χ2n) is 8.10. The van der Waals surface area contributed by atoms with Crippen molar-refractivity contribution >= 4 is 0 Å². The van der Waals surface area contributed by atoms with E-state index in [1.807, 2.05) is 6.08 Å². The van der Waals surface area contributed by atoms with Crippen molar-refractivity contribution in [2.24, 2.45) is 23.2 Å². The Kier molecular flexibility index (Phi) is 3.13. The number of aliphatic hydroxyl groups is 2. The van der Waals surface area contributed by atoms with Crippen LogP contribution < -0.4 is 0 Å². The van der Waals surface area contributed by atoms with Gasteiger partial charge in [-0.15, -0.1) is 6.42 Å². The molecular formula is C20H26O2. The maximum absolute atomic E-state index is 10.9. The van der Waals surface area contributed by atoms with E-state index in [-0.39, 0.29) is 11.5 Å². The fourth-order valence-electron chi connectivity index (χ4n) is 6.07. The highest BCUT2D eigenvalue weighted by atomic mass is 16.3. The Morgan fingerprint density at radius 3 is 2.86 bits per heavy atom. The molecule has 6 atom stereocenters. The van der Waals surface area contributed by atoms with E-state index >= 15 is 0 Å². The molecule has 2 nitrogen and oxygen atoms in total. The van der Waals surface area contributed by atoms with Crippen molar-refractivity contribution in [2.45, 2.75) is 63.6 Å². The first-order chi connectivity index (χ1) is 10.5. The molecule has 0 aromatic rings. The summed E-state index contributed by atoms with van der Waals surface area (Å²) in [6.45, 7) is 2.23. The summed E-state index contributed by atoms with van der Waals surface area (Å²) < 4.78 is 0. The first-order valence-electron chi connectivity index (χ1n) is 8.77. The Morgan fingerprint density at radius 1 is 1.27 bits per heavy atom. The largest absolute Gasteiger partial charge is 0.389 e. The van der Waals surface area contributed by atoms with Crippen LogP contribution in [0.4, 0.5) is 0 Å². The lowest BCUT2D eigenvalue weighted by atomic mass is 9.53. The van der Waals surface area contributed by atoms with Crippen LogP contribution in [0.2, 0.25) is 0 Å². The van der Waals surface area contributed by atoms with Gasteiger partial charge in [0.2, 0.25) is 0 Å². The molecule has 0 saturated heterocycles. The quantitative estimate of drug-likeness (QED) is 0.674. The van der Waals surface area contributed by atoms with Gasteiger partial charge < -0.3 is 10.2 Å². The van der Waals surface area contributed by atoms with Gasteiger partial charge >= 0.3 is 0 Å². The first kappa shape index (κ1) is 14.5. The number of aliphatic hydroxyl groups excluding tert-OH is 1. The van der Waals surface area contributed by atoms with Crippen LogP contribution in [-0.2, 0) is 0 Å². The van der Waals surface area contributed by atoms with Gasteiger partial charge in [-0.1, -0.05) is 30.6 Å². The minimum atomic E-state index is -0.907. The molecule has 0 radical (unpaired) electrons. The molecular weight excluding hydrogens is 272 g/mol. The lowest BCUT2D eigenvalue weighted by Crippen LogP contribution is -2.50. The topological polar surface area (TPSA) is 40.5 Å². The summed E-state index contributed by atoms with van der Waals surface area (Å²) in [6, 6.07) is 0. The van der Waals surface area contributed by atoms with Gasteiger partial charge in [0.05, 0.1) is 6.10 Å². The zero-order valence-electron chi connectivity index (χ0n) is 13.4. The van der Waals surface area contributed by atoms with Crippen molar-refractivity contribution in [3.63, 3.8) is 0 Å². The molecule has 4 aliphatic rings. The Labute approximate surface area is 133 Å². The molecule has 0 aromatic heterocycles. The normalized spacial score (nSPS) is 50.1. The van der Waals surface area contributed by atoms with Gasteiger partial charge in [-0.2, -0.15) is 0 Å². The second kappa shape index (κ2) is 4.73. The van der Waals surface area contributed by atoms with E-state index in [0.717, 1.165) is 38.5 Å². The van der Waals surface area contributed by atoms with Gasteiger partial charge in [0.1, 0.15) is 5.60 Å². The van der Waals surface area contributed by atoms with Gasteiger partial charge in [-0.05, 0) is 68.3 Å². The van der Waals surface area contributed by atoms with Crippen molar-refractivity contribution in [2.75, 3.05) is 0 Å². The van der Waals surface area contributed by atoms with Gasteiger partial charge in [0, 0.05) is 5.41 Å². The van der Waals surface area contributed by atoms with Crippen molar-refractivity contribution in [1.29, 1.82) is 0 Å². The number of allylic oxidation sites excluding steroid dienone is 2. The Morgan fingerprint density at radius 2 is 2.09 bits per heavy atom. The van der Waals surface area contributed by atoms with Crippen LogP contribution in [0.1, 0.15) is 51.9 Å². The minimum Gasteiger partial charge on any atom is -0.389 e. The summed E-state index contributed by atoms with van der Waals surface area (Å²) in [4.78, 5) is 0. The van der Waals surface area contributed by atoms with E-state index in [1.165, 1.54) is 17.6 Å². The third-order valence-electron chi connectivity index (χ3n) is 7.37. The molecule has 2 fully saturated rings. The van der Waals surface area contributed by atoms with Crippen LogP contribution >= 0.6 is 0 Å². The highest BCUT2D eigenvalue weighted by Gasteiger charge is 2.61. The summed E-state index contributed by atoms with van der Waals surface area (Å²) in [7, 11) is 0. The van der Waals surface area contributed by atoms with E-state index in [2.05, 4.69) is 18.9 Å². The van der Waals surface area contributed by atoms with E-state index in [1.54, 1.807) is 0 Å². The van der Waals surface area contributed by atoms with Crippen LogP contribution in [0, 0.1) is 35.5 Å². The zero-order chi connectivity index (χ0) is 15.5. The molecule has 2 N–H and O–H groups in total. The molecule has 0 amide bonds. The van der Waals surface area contributed by atoms with Crippen molar-refractivity contribution in [3.05, 3.63) is 23.3 Å². The van der Waals surface area contributed by atoms with Gasteiger partial charge in [-0.25, -0.2) is 0 Å². The molecule has 4 aliphatic carbocycles. The molecule has 0 aliphatic heterocycles. The molecule has 118 valence electrons. The van der Waals surface area contributed by atoms with E-state index in [9.17, 15) is 10.2 Å². The number of hydrogen-bond donors (Lipinski definition) is 2. The molecule has 0 heterocycles. The third-order valence-corrected chi connectivity index (χ3v) is 7.37. The number of fused-ring (bicyclic) bond motifs is 4. The van der Waals surface area contributed by atoms with Crippen molar-refractivity contribution in [1.82, 2.24) is 0 Å². The maximum atomic E-state index is 10.9. The predicted octanol–water partition coefficient (Wildman–Crippen LogP) is 3.20. The van der Waals surface area contributed by atoms with Crippen molar-refractivity contribution in [3.8, 4) is 12.3 Å². The summed E-state index contributed by atoms with van der Waals surface area (Å²) in [5, 5.41) is 20.8. The summed E-state index contributed by atoms with van der Waals surface area (Å²) in [5.41, 5.74) is 1.96. The van der Waals surface area contributed by atoms with Crippen molar-refractivity contribution < 1.29 is 10.2 Å². The number of terminal acetylenes is 1. The van der Waals surface area contributed by atoms with Crippen LogP contribution in [0.5, 0.6) is 0 Å². The number of hydrogen-bond acceptors (Lipinski definition) is 2. The Bertz CT molecular complexity index is 595. The van der Waals surface area contributed by atoms with Crippen LogP contribution in [0.25, 0.3) is 0 Å². The highest BCUT2D eigenvalue weighted by Crippen LogP contribution is 2.63. The molecule has 1 unspecified atom stereocenters. The van der Waals surface area contributed by atoms with Crippen LogP contribution in [0.3, 0.4) is 0 Å². The Hall–Kier alpha value is -1.04. The van der Waals surface area contributed by atoms with E-state index in [4.69, 9.17) is 6.42 Å². The summed E-state index contributed by atoms with van der Waals surface area (Å²) in [6.07, 6.45) is 16.7. The average Bonchev–Trinajstić information content (AvgIpc) is 2.79. The average molecular weight is 298 g/mol. The standard InChI is InChI=1S/C20H26O2/c1-3-20(22)11-9-18-17-6-4-13-12-14(21)5-7-15(13)16(17)8-10-19(18,20)2/h1,5,7,14,16-18,21-22H,4,6,8-12H2,2H3/t14?,16-,17-,18+,19+,20+/m1/s1. The molecule has 4 rings (SSSR count). The van der Waals surface area contributed by atoms with Gasteiger partial charge in [0.15, 0.2) is 0 Å². The lowest BCUT2D eigenvalue weighted by Gasteiger charge is -2.52. The molecule has 0 spiro atoms. The smallest absolute Gasteiger partial charge is 0.130 e. The van der Waals surface area contributed by atoms with E-state index in [0.29, 0.717) is 17.8 Å². The molecule has 0 aromatic carbocycles. The molecule has 22 heavy (non-hydrogen) atoms. The van der Waals surface area contributed by atoms with E-state index < -0.39 is 5.60 Å². The molecule has 0 bridgehead atoms. The molecule has 2 saturated carbocycles. The van der Waals surface area contributed by atoms with Crippen LogP contribution in [-0.4, -0.2) is 21.9 Å². The Balaban J connectivity index is 1.67. The fraction of sp³-hybridized carbons (Fsp3) is 0.700. The maximum Gasteiger partial charge on any atom is 0.130 e. The third kappa shape index (κ3) is 1.76. The monoisotopic (exact) mass is 298 g/mol. The zero-order valence-corrected chi connectivity index (χ0v) is 13.4. The van der Waals surface area contributed by atoms with Crippen LogP contribution in [0.15, 0.2) is 23.3 Å². The van der Waals surface area contributed by atoms with Gasteiger partial charge in [0.25, 0.3) is 0 Å². The molecule has 2 heteroatoms. The fourth-order valence-corrected chi connectivity index (χ4v) is 6.07. The SMILES string of the molecule is C#C[C@]1(O)CC[C@H]2[C@@H]3CCC4=C(C=CC(O)C4)[C@H]3CC[C@@]21C. The number of rotatable bonds is 0. The van der Waals surface area contributed by atoms with Gasteiger partial charge in [-0.3, -0.25) is 0 Å². The second-order valence-corrected chi connectivity index (χ2v) is 8.10. The highest BCUT2D eigenvalue weighted by molar-refractivity contribution is 5.37. The summed E-state index contributed by atoms with van der Waals surface area (Å²) in [5.74, 6) is 4.55. The predicted molar refractivity (Wildman–Crippen MR) is 86.9 cm³/mol. The lowest BCUT2D eigenvalue weighted by molar-refractivity contribution is -0.0700. The summed E-state index contributed by atoms with van der Waals surface area (Å²) >= 11 is 0. The minimum absolute atomic E-state index is 0.112. The first-order valence-corrected chi connectivity index (χ1v) is 8.77.